The van der Waals surface area contributed by atoms with E-state index in [4.69, 9.17) is 4.74 Å². The number of H-pyrrole nitrogens is 1. The molecule has 0 bridgehead atoms. The summed E-state index contributed by atoms with van der Waals surface area (Å²) in [5.74, 6) is -0.753. The van der Waals surface area contributed by atoms with Gasteiger partial charge in [-0.15, -0.1) is 0 Å². The Balaban J connectivity index is 1.82. The minimum Gasteiger partial charge on any atom is -0.469 e. The Bertz CT molecular complexity index is 1090. The van der Waals surface area contributed by atoms with Crippen LogP contribution in [0.5, 0.6) is 0 Å². The molecule has 0 radical (unpaired) electrons. The first-order valence-electron chi connectivity index (χ1n) is 8.89. The molecule has 2 aromatic carbocycles. The zero-order valence-corrected chi connectivity index (χ0v) is 17.5. The van der Waals surface area contributed by atoms with E-state index in [0.717, 1.165) is 15.7 Å². The Morgan fingerprint density at radius 2 is 1.93 bits per heavy atom. The number of hydrogen-bond donors (Lipinski definition) is 2. The predicted molar refractivity (Wildman–Crippen MR) is 112 cm³/mol. The van der Waals surface area contributed by atoms with E-state index in [9.17, 15) is 14.4 Å². The first-order valence-corrected chi connectivity index (χ1v) is 9.69. The molecule has 29 heavy (non-hydrogen) atoms. The number of aryl methyl sites for hydroxylation is 1. The highest BCUT2D eigenvalue weighted by molar-refractivity contribution is 9.10. The van der Waals surface area contributed by atoms with E-state index in [1.807, 2.05) is 31.2 Å². The normalized spacial score (nSPS) is 11.7. The van der Waals surface area contributed by atoms with Crippen LogP contribution in [0.15, 0.2) is 64.0 Å². The van der Waals surface area contributed by atoms with E-state index in [2.05, 4.69) is 26.2 Å². The molecular formula is C21H20BrN3O4. The highest BCUT2D eigenvalue weighted by Crippen LogP contribution is 2.22. The third-order valence-electron chi connectivity index (χ3n) is 4.50. The Morgan fingerprint density at radius 3 is 2.52 bits per heavy atom. The van der Waals surface area contributed by atoms with Gasteiger partial charge in [0.25, 0.3) is 5.91 Å². The molecule has 0 spiro atoms. The van der Waals surface area contributed by atoms with E-state index in [0.29, 0.717) is 11.3 Å². The van der Waals surface area contributed by atoms with Crippen molar-refractivity contribution in [2.45, 2.75) is 19.4 Å². The van der Waals surface area contributed by atoms with Crippen LogP contribution in [0, 0.1) is 6.92 Å². The topological polar surface area (TPSA) is 93.2 Å². The van der Waals surface area contributed by atoms with Crippen LogP contribution in [-0.2, 0) is 9.53 Å². The quantitative estimate of drug-likeness (QED) is 0.555. The zero-order chi connectivity index (χ0) is 21.0. The standard InChI is InChI=1S/C21H20BrN3O4/c1-13-12-23-21(28)25(13)17-8-6-14(7-9-17)20(27)24-18(11-19(26)29-2)15-4-3-5-16(22)10-15/h3-10,12,18H,11H2,1-2H3,(H,23,28)(H,24,27). The lowest BCUT2D eigenvalue weighted by molar-refractivity contribution is -0.141. The van der Waals surface area contributed by atoms with Crippen LogP contribution < -0.4 is 11.0 Å². The van der Waals surface area contributed by atoms with Crippen molar-refractivity contribution in [2.24, 2.45) is 0 Å². The summed E-state index contributed by atoms with van der Waals surface area (Å²) in [4.78, 5) is 39.1. The Morgan fingerprint density at radius 1 is 1.21 bits per heavy atom. The van der Waals surface area contributed by atoms with Crippen LogP contribution in [0.25, 0.3) is 5.69 Å². The summed E-state index contributed by atoms with van der Waals surface area (Å²) in [7, 11) is 1.31. The number of carbonyl (C=O) groups excluding carboxylic acids is 2. The summed E-state index contributed by atoms with van der Waals surface area (Å²) < 4.78 is 7.12. The lowest BCUT2D eigenvalue weighted by Crippen LogP contribution is -2.30. The summed E-state index contributed by atoms with van der Waals surface area (Å²) in [5, 5.41) is 2.88. The number of aromatic amines is 1. The molecule has 0 saturated carbocycles. The second-order valence-corrected chi connectivity index (χ2v) is 7.39. The monoisotopic (exact) mass is 457 g/mol. The lowest BCUT2D eigenvalue weighted by Gasteiger charge is -2.19. The van der Waals surface area contributed by atoms with Crippen LogP contribution in [0.4, 0.5) is 0 Å². The number of halogens is 1. The van der Waals surface area contributed by atoms with Gasteiger partial charge in [0.1, 0.15) is 0 Å². The van der Waals surface area contributed by atoms with Gasteiger partial charge in [-0.2, -0.15) is 0 Å². The summed E-state index contributed by atoms with van der Waals surface area (Å²) in [6.45, 7) is 1.81. The van der Waals surface area contributed by atoms with Gasteiger partial charge in [-0.05, 0) is 48.9 Å². The van der Waals surface area contributed by atoms with Gasteiger partial charge in [0.2, 0.25) is 0 Å². The van der Waals surface area contributed by atoms with Crippen LogP contribution in [0.2, 0.25) is 0 Å². The van der Waals surface area contributed by atoms with Crippen molar-refractivity contribution in [1.29, 1.82) is 0 Å². The maximum absolute atomic E-state index is 12.8. The fraction of sp³-hybridized carbons (Fsp3) is 0.190. The van der Waals surface area contributed by atoms with E-state index < -0.39 is 12.0 Å². The molecule has 1 atom stereocenters. The van der Waals surface area contributed by atoms with Gasteiger partial charge in [0.05, 0.1) is 25.3 Å². The van der Waals surface area contributed by atoms with Crippen molar-refractivity contribution < 1.29 is 14.3 Å². The number of rotatable bonds is 6. The van der Waals surface area contributed by atoms with Crippen molar-refractivity contribution in [2.75, 3.05) is 7.11 Å². The third kappa shape index (κ3) is 4.83. The number of imidazole rings is 1. The second kappa shape index (κ2) is 8.91. The van der Waals surface area contributed by atoms with Crippen molar-refractivity contribution >= 4 is 27.8 Å². The fourth-order valence-corrected chi connectivity index (χ4v) is 3.42. The molecule has 7 nitrogen and oxygen atoms in total. The number of amides is 1. The number of methoxy groups -OCH3 is 1. The van der Waals surface area contributed by atoms with Crippen molar-refractivity contribution in [1.82, 2.24) is 14.9 Å². The number of ether oxygens (including phenoxy) is 1. The fourth-order valence-electron chi connectivity index (χ4n) is 3.01. The highest BCUT2D eigenvalue weighted by Gasteiger charge is 2.20. The average molecular weight is 458 g/mol. The molecule has 0 aliphatic heterocycles. The van der Waals surface area contributed by atoms with Gasteiger partial charge in [-0.1, -0.05) is 28.1 Å². The SMILES string of the molecule is COC(=O)CC(NC(=O)c1ccc(-n2c(C)c[nH]c2=O)cc1)c1cccc(Br)c1. The van der Waals surface area contributed by atoms with Crippen molar-refractivity contribution in [3.63, 3.8) is 0 Å². The molecule has 2 N–H and O–H groups in total. The lowest BCUT2D eigenvalue weighted by atomic mass is 10.0. The highest BCUT2D eigenvalue weighted by atomic mass is 79.9. The Labute approximate surface area is 175 Å². The number of nitrogens with one attached hydrogen (secondary N) is 2. The zero-order valence-electron chi connectivity index (χ0n) is 15.9. The number of nitrogens with zero attached hydrogens (tertiary/aromatic N) is 1. The number of benzene rings is 2. The van der Waals surface area contributed by atoms with Crippen LogP contribution >= 0.6 is 15.9 Å². The first kappa shape index (κ1) is 20.6. The molecule has 150 valence electrons. The molecule has 3 rings (SSSR count). The number of carbonyl (C=O) groups is 2. The van der Waals surface area contributed by atoms with E-state index >= 15 is 0 Å². The maximum atomic E-state index is 12.8. The number of esters is 1. The molecule has 0 fully saturated rings. The third-order valence-corrected chi connectivity index (χ3v) is 5.00. The second-order valence-electron chi connectivity index (χ2n) is 6.48. The van der Waals surface area contributed by atoms with Crippen LogP contribution in [0.1, 0.15) is 34.1 Å². The molecule has 0 aliphatic rings. The molecule has 0 saturated heterocycles. The van der Waals surface area contributed by atoms with Crippen molar-refractivity contribution in [3.8, 4) is 5.69 Å². The minimum absolute atomic E-state index is 0.00865. The molecule has 1 heterocycles. The van der Waals surface area contributed by atoms with Gasteiger partial charge in [0.15, 0.2) is 0 Å². The van der Waals surface area contributed by atoms with Crippen molar-refractivity contribution in [3.05, 3.63) is 86.5 Å². The molecular weight excluding hydrogens is 438 g/mol. The largest absolute Gasteiger partial charge is 0.469 e. The maximum Gasteiger partial charge on any atom is 0.330 e. The Hall–Kier alpha value is -3.13. The van der Waals surface area contributed by atoms with Crippen LogP contribution in [0.3, 0.4) is 0 Å². The van der Waals surface area contributed by atoms with E-state index in [1.54, 1.807) is 30.5 Å². The summed E-state index contributed by atoms with van der Waals surface area (Å²) in [6, 6.07) is 13.5. The summed E-state index contributed by atoms with van der Waals surface area (Å²) in [6.07, 6.45) is 1.63. The van der Waals surface area contributed by atoms with E-state index in [1.165, 1.54) is 11.7 Å². The van der Waals surface area contributed by atoms with Gasteiger partial charge in [-0.3, -0.25) is 14.2 Å². The Kier molecular flexibility index (Phi) is 6.33. The number of aromatic nitrogens is 2. The molecule has 1 amide bonds. The van der Waals surface area contributed by atoms with Crippen LogP contribution in [-0.4, -0.2) is 28.5 Å². The van der Waals surface area contributed by atoms with Gasteiger partial charge in [-0.25, -0.2) is 4.79 Å². The first-order chi connectivity index (χ1) is 13.9. The van der Waals surface area contributed by atoms with Gasteiger partial charge < -0.3 is 15.0 Å². The summed E-state index contributed by atoms with van der Waals surface area (Å²) in [5.41, 5.74) is 2.37. The number of hydrogen-bond acceptors (Lipinski definition) is 4. The van der Waals surface area contributed by atoms with Gasteiger partial charge >= 0.3 is 11.7 Å². The molecule has 8 heteroatoms. The molecule has 3 aromatic rings. The molecule has 1 unspecified atom stereocenters. The molecule has 0 aliphatic carbocycles. The minimum atomic E-state index is -0.540. The smallest absolute Gasteiger partial charge is 0.330 e. The molecule has 1 aromatic heterocycles. The predicted octanol–water partition coefficient (Wildman–Crippen LogP) is 3.27. The van der Waals surface area contributed by atoms with Gasteiger partial charge in [0, 0.05) is 21.9 Å². The average Bonchev–Trinajstić information content (AvgIpc) is 3.05. The summed E-state index contributed by atoms with van der Waals surface area (Å²) >= 11 is 3.40. The van der Waals surface area contributed by atoms with E-state index in [-0.39, 0.29) is 18.0 Å².